The molecule has 19 heavy (non-hydrogen) atoms. The molecule has 0 aliphatic carbocycles. The molecule has 3 heterocycles. The monoisotopic (exact) mass is 286 g/mol. The van der Waals surface area contributed by atoms with Gasteiger partial charge in [0.05, 0.1) is 36.4 Å². The second kappa shape index (κ2) is 4.84. The number of aromatic nitrogens is 3. The highest BCUT2D eigenvalue weighted by atomic mass is 32.2. The van der Waals surface area contributed by atoms with Gasteiger partial charge >= 0.3 is 0 Å². The number of hydrogen-bond donors (Lipinski definition) is 0. The van der Waals surface area contributed by atoms with Crippen LogP contribution >= 0.6 is 0 Å². The third kappa shape index (κ3) is 2.80. The smallest absolute Gasteiger partial charge is 0.148 e. The molecule has 8 heteroatoms. The van der Waals surface area contributed by atoms with Crippen LogP contribution in [-0.4, -0.2) is 66.1 Å². The Labute approximate surface area is 112 Å². The minimum absolute atomic E-state index is 0.152. The number of sulfone groups is 1. The van der Waals surface area contributed by atoms with Crippen molar-refractivity contribution in [3.05, 3.63) is 11.9 Å². The lowest BCUT2D eigenvalue weighted by Crippen LogP contribution is -2.48. The van der Waals surface area contributed by atoms with Crippen molar-refractivity contribution in [3.8, 4) is 0 Å². The molecule has 2 unspecified atom stereocenters. The normalized spacial score (nSPS) is 27.8. The van der Waals surface area contributed by atoms with Gasteiger partial charge in [-0.2, -0.15) is 0 Å². The second-order valence-electron chi connectivity index (χ2n) is 5.31. The summed E-state index contributed by atoms with van der Waals surface area (Å²) in [7, 11) is -2.91. The van der Waals surface area contributed by atoms with Crippen LogP contribution in [0.3, 0.4) is 0 Å². The van der Waals surface area contributed by atoms with Crippen LogP contribution in [-0.2, 0) is 21.2 Å². The molecule has 2 aliphatic rings. The van der Waals surface area contributed by atoms with Crippen LogP contribution in [0.25, 0.3) is 0 Å². The van der Waals surface area contributed by atoms with Gasteiger partial charge in [-0.25, -0.2) is 13.1 Å². The van der Waals surface area contributed by atoms with Gasteiger partial charge in [-0.1, -0.05) is 5.21 Å². The van der Waals surface area contributed by atoms with Crippen molar-refractivity contribution in [1.29, 1.82) is 0 Å². The quantitative estimate of drug-likeness (QED) is 0.743. The number of likely N-dealkylation sites (tertiary alicyclic amines) is 1. The summed E-state index contributed by atoms with van der Waals surface area (Å²) < 4.78 is 30.2. The molecule has 0 bridgehead atoms. The van der Waals surface area contributed by atoms with Crippen LogP contribution in [0.1, 0.15) is 18.2 Å². The highest BCUT2D eigenvalue weighted by molar-refractivity contribution is 7.90. The van der Waals surface area contributed by atoms with Crippen LogP contribution in [0.5, 0.6) is 0 Å². The molecule has 1 saturated heterocycles. The van der Waals surface area contributed by atoms with Gasteiger partial charge in [0, 0.05) is 25.9 Å². The molecule has 0 amide bonds. The fourth-order valence-corrected chi connectivity index (χ4v) is 3.33. The zero-order valence-corrected chi connectivity index (χ0v) is 11.7. The Morgan fingerprint density at radius 2 is 2.37 bits per heavy atom. The van der Waals surface area contributed by atoms with Crippen LogP contribution in [0, 0.1) is 0 Å². The Bertz CT molecular complexity index is 556. The van der Waals surface area contributed by atoms with E-state index in [0.29, 0.717) is 13.2 Å². The van der Waals surface area contributed by atoms with Crippen LogP contribution in [0.4, 0.5) is 0 Å². The van der Waals surface area contributed by atoms with Crippen molar-refractivity contribution in [2.75, 3.05) is 31.6 Å². The maximum Gasteiger partial charge on any atom is 0.148 e. The van der Waals surface area contributed by atoms with Crippen LogP contribution < -0.4 is 0 Å². The largest absolute Gasteiger partial charge is 0.370 e. The molecule has 2 aliphatic heterocycles. The zero-order valence-electron chi connectivity index (χ0n) is 10.9. The first-order valence-electron chi connectivity index (χ1n) is 6.44. The molecule has 1 aromatic heterocycles. The van der Waals surface area contributed by atoms with Gasteiger partial charge in [-0.15, -0.1) is 5.10 Å². The molecule has 0 N–H and O–H groups in total. The zero-order chi connectivity index (χ0) is 13.5. The van der Waals surface area contributed by atoms with Crippen molar-refractivity contribution < 1.29 is 13.2 Å². The first kappa shape index (κ1) is 13.0. The predicted molar refractivity (Wildman–Crippen MR) is 68.4 cm³/mol. The summed E-state index contributed by atoms with van der Waals surface area (Å²) in [5.41, 5.74) is 0.992. The minimum atomic E-state index is -2.91. The lowest BCUT2D eigenvalue weighted by atomic mass is 10.0. The van der Waals surface area contributed by atoms with Crippen molar-refractivity contribution in [1.82, 2.24) is 19.9 Å². The number of hydrogen-bond acceptors (Lipinski definition) is 6. The van der Waals surface area contributed by atoms with Crippen molar-refractivity contribution in [2.24, 2.45) is 0 Å². The number of ether oxygens (including phenoxy) is 1. The Balaban J connectivity index is 1.69. The SMILES string of the molecule is CS(=O)(=O)CCN1CCC2OCc3cnnn3C2C1. The van der Waals surface area contributed by atoms with E-state index in [0.717, 1.165) is 25.2 Å². The Kier molecular flexibility index (Phi) is 3.32. The van der Waals surface area contributed by atoms with E-state index in [2.05, 4.69) is 15.2 Å². The molecule has 1 fully saturated rings. The highest BCUT2D eigenvalue weighted by Crippen LogP contribution is 2.29. The van der Waals surface area contributed by atoms with E-state index < -0.39 is 9.84 Å². The molecule has 0 saturated carbocycles. The first-order valence-corrected chi connectivity index (χ1v) is 8.50. The Morgan fingerprint density at radius 1 is 1.53 bits per heavy atom. The van der Waals surface area contributed by atoms with Crippen LogP contribution in [0.15, 0.2) is 6.20 Å². The summed E-state index contributed by atoms with van der Waals surface area (Å²) in [4.78, 5) is 2.17. The summed E-state index contributed by atoms with van der Waals surface area (Å²) in [5.74, 6) is 0.204. The molecule has 106 valence electrons. The van der Waals surface area contributed by atoms with E-state index in [9.17, 15) is 8.42 Å². The van der Waals surface area contributed by atoms with E-state index in [4.69, 9.17) is 4.74 Å². The maximum atomic E-state index is 11.2. The van der Waals surface area contributed by atoms with Gasteiger partial charge in [0.25, 0.3) is 0 Å². The minimum Gasteiger partial charge on any atom is -0.370 e. The molecular weight excluding hydrogens is 268 g/mol. The fourth-order valence-electron chi connectivity index (χ4n) is 2.74. The molecule has 0 aromatic carbocycles. The summed E-state index contributed by atoms with van der Waals surface area (Å²) in [5, 5.41) is 8.05. The summed E-state index contributed by atoms with van der Waals surface area (Å²) in [6, 6.07) is 0.152. The molecule has 7 nitrogen and oxygen atoms in total. The molecule has 3 rings (SSSR count). The van der Waals surface area contributed by atoms with Gasteiger partial charge in [0.15, 0.2) is 0 Å². The Morgan fingerprint density at radius 3 is 3.16 bits per heavy atom. The van der Waals surface area contributed by atoms with Crippen molar-refractivity contribution in [2.45, 2.75) is 25.2 Å². The number of nitrogens with zero attached hydrogens (tertiary/aromatic N) is 4. The molecule has 0 radical (unpaired) electrons. The topological polar surface area (TPSA) is 77.3 Å². The standard InChI is InChI=1S/C11H18N4O3S/c1-19(16,17)5-4-14-3-2-11-10(7-14)15-9(8-18-11)6-12-13-15/h6,10-11H,2-5,7-8H2,1H3. The third-order valence-corrected chi connectivity index (χ3v) is 4.72. The van der Waals surface area contributed by atoms with Gasteiger partial charge < -0.3 is 4.74 Å². The van der Waals surface area contributed by atoms with Crippen LogP contribution in [0.2, 0.25) is 0 Å². The number of fused-ring (bicyclic) bond motifs is 3. The average Bonchev–Trinajstić information content (AvgIpc) is 2.84. The predicted octanol–water partition coefficient (Wildman–Crippen LogP) is -0.532. The maximum absolute atomic E-state index is 11.2. The highest BCUT2D eigenvalue weighted by Gasteiger charge is 2.36. The molecule has 2 atom stereocenters. The summed E-state index contributed by atoms with van der Waals surface area (Å²) >= 11 is 0. The average molecular weight is 286 g/mol. The lowest BCUT2D eigenvalue weighted by Gasteiger charge is -2.40. The summed E-state index contributed by atoms with van der Waals surface area (Å²) in [6.07, 6.45) is 4.09. The lowest BCUT2D eigenvalue weighted by molar-refractivity contribution is -0.0646. The number of piperidine rings is 1. The third-order valence-electron chi connectivity index (χ3n) is 3.79. The molecule has 1 aromatic rings. The summed E-state index contributed by atoms with van der Waals surface area (Å²) in [6.45, 7) is 2.79. The van der Waals surface area contributed by atoms with E-state index in [1.807, 2.05) is 4.68 Å². The Hall–Kier alpha value is -0.990. The van der Waals surface area contributed by atoms with Gasteiger partial charge in [-0.3, -0.25) is 4.90 Å². The van der Waals surface area contributed by atoms with Gasteiger partial charge in [0.1, 0.15) is 9.84 Å². The van der Waals surface area contributed by atoms with Crippen molar-refractivity contribution >= 4 is 9.84 Å². The number of rotatable bonds is 3. The van der Waals surface area contributed by atoms with E-state index in [-0.39, 0.29) is 17.9 Å². The fraction of sp³-hybridized carbons (Fsp3) is 0.818. The second-order valence-corrected chi connectivity index (χ2v) is 7.57. The van der Waals surface area contributed by atoms with Gasteiger partial charge in [0.2, 0.25) is 0 Å². The van der Waals surface area contributed by atoms with E-state index in [1.54, 1.807) is 6.20 Å². The van der Waals surface area contributed by atoms with Gasteiger partial charge in [-0.05, 0) is 6.42 Å². The van der Waals surface area contributed by atoms with E-state index in [1.165, 1.54) is 6.26 Å². The van der Waals surface area contributed by atoms with E-state index >= 15 is 0 Å². The molecule has 0 spiro atoms. The molecular formula is C11H18N4O3S. The van der Waals surface area contributed by atoms with Crippen molar-refractivity contribution in [3.63, 3.8) is 0 Å². The first-order chi connectivity index (χ1) is 9.03.